The molecule has 0 saturated carbocycles. The maximum Gasteiger partial charge on any atom is 0.303 e. The third-order valence-corrected chi connectivity index (χ3v) is 4.24. The van der Waals surface area contributed by atoms with E-state index in [0.29, 0.717) is 0 Å². The van der Waals surface area contributed by atoms with Gasteiger partial charge in [0.1, 0.15) is 19.0 Å². The van der Waals surface area contributed by atoms with E-state index in [0.717, 1.165) is 38.6 Å². The first-order valence-electron chi connectivity index (χ1n) is 9.28. The van der Waals surface area contributed by atoms with Gasteiger partial charge in [-0.3, -0.25) is 28.5 Å². The van der Waals surface area contributed by atoms with E-state index in [2.05, 4.69) is 4.98 Å². The molecule has 32 heavy (non-hydrogen) atoms. The Morgan fingerprint density at radius 1 is 0.969 bits per heavy atom. The minimum atomic E-state index is -1.48. The molecule has 0 spiro atoms. The van der Waals surface area contributed by atoms with E-state index in [4.69, 9.17) is 29.4 Å². The highest BCUT2D eigenvalue weighted by Crippen LogP contribution is 2.37. The molecule has 0 unspecified atom stereocenters. The molecule has 1 aromatic heterocycles. The zero-order valence-corrected chi connectivity index (χ0v) is 17.7. The highest BCUT2D eigenvalue weighted by molar-refractivity contribution is 5.93. The molecular formula is C18H23N3O11. The number of imidazole rings is 1. The molecule has 1 aliphatic rings. The van der Waals surface area contributed by atoms with Crippen LogP contribution in [0.4, 0.5) is 0 Å². The summed E-state index contributed by atoms with van der Waals surface area (Å²) in [7, 11) is 0. The Balaban J connectivity index is 2.59. The number of nitrogens with zero attached hydrogens (tertiary/aromatic N) is 2. The van der Waals surface area contributed by atoms with Crippen LogP contribution < -0.4 is 5.73 Å². The molecule has 5 atom stereocenters. The van der Waals surface area contributed by atoms with Crippen molar-refractivity contribution in [2.75, 3.05) is 6.61 Å². The van der Waals surface area contributed by atoms with Gasteiger partial charge in [0, 0.05) is 27.7 Å². The number of nitrogens with two attached hydrogens (primary N) is 1. The number of primary amides is 1. The third-order valence-electron chi connectivity index (χ3n) is 4.24. The average molecular weight is 457 g/mol. The predicted octanol–water partition coefficient (Wildman–Crippen LogP) is -1.06. The number of aromatic hydroxyl groups is 1. The monoisotopic (exact) mass is 457 g/mol. The predicted molar refractivity (Wildman–Crippen MR) is 99.6 cm³/mol. The third kappa shape index (κ3) is 5.72. The van der Waals surface area contributed by atoms with E-state index in [9.17, 15) is 29.1 Å². The minimum absolute atomic E-state index is 0.452. The smallest absolute Gasteiger partial charge is 0.303 e. The SMILES string of the molecule is CC(=O)OC[C@H]1O[C@@H](n2cnc(C(N)=O)c2O)[C@H](OC(C)=O)[C@@H](OC(C)=O)[C@@H]1OC(C)=O. The van der Waals surface area contributed by atoms with E-state index >= 15 is 0 Å². The van der Waals surface area contributed by atoms with Gasteiger partial charge in [0.2, 0.25) is 5.88 Å². The second-order valence-corrected chi connectivity index (χ2v) is 6.78. The Bertz CT molecular complexity index is 912. The molecule has 1 saturated heterocycles. The van der Waals surface area contributed by atoms with Gasteiger partial charge >= 0.3 is 23.9 Å². The fourth-order valence-corrected chi connectivity index (χ4v) is 3.14. The number of esters is 4. The van der Waals surface area contributed by atoms with Crippen LogP contribution in [-0.2, 0) is 42.9 Å². The number of hydrogen-bond donors (Lipinski definition) is 2. The molecule has 1 aromatic rings. The minimum Gasteiger partial charge on any atom is -0.493 e. The first-order chi connectivity index (χ1) is 14.9. The lowest BCUT2D eigenvalue weighted by Gasteiger charge is -2.44. The normalized spacial score (nSPS) is 24.8. The van der Waals surface area contributed by atoms with Crippen molar-refractivity contribution in [1.82, 2.24) is 9.55 Å². The van der Waals surface area contributed by atoms with Crippen LogP contribution in [0.1, 0.15) is 44.4 Å². The summed E-state index contributed by atoms with van der Waals surface area (Å²) in [6.45, 7) is 3.90. The molecule has 0 aliphatic carbocycles. The number of ether oxygens (including phenoxy) is 5. The van der Waals surface area contributed by atoms with Crippen LogP contribution in [0.15, 0.2) is 6.33 Å². The zero-order chi connectivity index (χ0) is 24.2. The van der Waals surface area contributed by atoms with Crippen molar-refractivity contribution < 1.29 is 52.8 Å². The van der Waals surface area contributed by atoms with Gasteiger partial charge in [-0.1, -0.05) is 0 Å². The van der Waals surface area contributed by atoms with Crippen LogP contribution in [0.2, 0.25) is 0 Å². The Morgan fingerprint density at radius 3 is 1.97 bits per heavy atom. The van der Waals surface area contributed by atoms with Gasteiger partial charge in [0.05, 0.1) is 0 Å². The molecule has 176 valence electrons. The van der Waals surface area contributed by atoms with Crippen LogP contribution in [0.3, 0.4) is 0 Å². The first kappa shape index (κ1) is 24.6. The number of carbonyl (C=O) groups is 5. The van der Waals surface area contributed by atoms with Gasteiger partial charge in [0.25, 0.3) is 5.91 Å². The summed E-state index contributed by atoms with van der Waals surface area (Å²) in [6.07, 6.45) is -5.98. The molecule has 14 nitrogen and oxygen atoms in total. The molecule has 1 amide bonds. The van der Waals surface area contributed by atoms with Gasteiger partial charge in [0.15, 0.2) is 30.2 Å². The highest BCUT2D eigenvalue weighted by atomic mass is 16.7. The first-order valence-corrected chi connectivity index (χ1v) is 9.28. The fourth-order valence-electron chi connectivity index (χ4n) is 3.14. The van der Waals surface area contributed by atoms with E-state index in [1.54, 1.807) is 0 Å². The second kappa shape index (κ2) is 10.1. The number of hydrogen-bond acceptors (Lipinski definition) is 12. The molecule has 0 aromatic carbocycles. The molecule has 1 aliphatic heterocycles. The molecule has 3 N–H and O–H groups in total. The summed E-state index contributed by atoms with van der Waals surface area (Å²) in [5.41, 5.74) is 4.66. The molecule has 0 radical (unpaired) electrons. The van der Waals surface area contributed by atoms with Gasteiger partial charge in [-0.2, -0.15) is 0 Å². The van der Waals surface area contributed by atoms with Crippen LogP contribution >= 0.6 is 0 Å². The van der Waals surface area contributed by atoms with Crippen molar-refractivity contribution in [2.24, 2.45) is 5.73 Å². The average Bonchev–Trinajstić information content (AvgIpc) is 3.04. The standard InChI is InChI=1S/C18H23N3O11/c1-7(22)28-5-11-13(29-8(2)23)14(30-9(3)24)15(31-10(4)25)18(32-11)21-6-20-12(16(19)26)17(21)27/h6,11,13-15,18,27H,5H2,1-4H3,(H2,19,26)/t11-,13-,14+,15-,18-/m1/s1. The molecule has 1 fully saturated rings. The number of rotatable bonds is 7. The van der Waals surface area contributed by atoms with Gasteiger partial charge in [-0.05, 0) is 0 Å². The van der Waals surface area contributed by atoms with E-state index in [-0.39, 0.29) is 0 Å². The van der Waals surface area contributed by atoms with Crippen LogP contribution in [-0.4, -0.2) is 75.5 Å². The van der Waals surface area contributed by atoms with Crippen molar-refractivity contribution in [3.8, 4) is 5.88 Å². The van der Waals surface area contributed by atoms with Crippen LogP contribution in [0.25, 0.3) is 0 Å². The zero-order valence-electron chi connectivity index (χ0n) is 17.7. The quantitative estimate of drug-likeness (QED) is 0.373. The molecule has 2 rings (SSSR count). The Hall–Kier alpha value is -3.68. The molecular weight excluding hydrogens is 434 g/mol. The van der Waals surface area contributed by atoms with Crippen molar-refractivity contribution >= 4 is 29.8 Å². The van der Waals surface area contributed by atoms with E-state index in [1.807, 2.05) is 0 Å². The van der Waals surface area contributed by atoms with Crippen molar-refractivity contribution in [1.29, 1.82) is 0 Å². The summed E-state index contributed by atoms with van der Waals surface area (Å²) >= 11 is 0. The van der Waals surface area contributed by atoms with Crippen LogP contribution in [0, 0.1) is 0 Å². The van der Waals surface area contributed by atoms with Gasteiger partial charge in [-0.15, -0.1) is 0 Å². The number of amides is 1. The second-order valence-electron chi connectivity index (χ2n) is 6.78. The van der Waals surface area contributed by atoms with Crippen molar-refractivity contribution in [3.05, 3.63) is 12.0 Å². The molecule has 0 bridgehead atoms. The molecule has 2 heterocycles. The van der Waals surface area contributed by atoms with Gasteiger partial charge in [-0.25, -0.2) is 4.98 Å². The summed E-state index contributed by atoms with van der Waals surface area (Å²) in [6, 6.07) is 0. The van der Waals surface area contributed by atoms with E-state index < -0.39 is 78.6 Å². The van der Waals surface area contributed by atoms with E-state index in [1.165, 1.54) is 0 Å². The fraction of sp³-hybridized carbons (Fsp3) is 0.556. The summed E-state index contributed by atoms with van der Waals surface area (Å²) in [5, 5.41) is 10.4. The number of carbonyl (C=O) groups excluding carboxylic acids is 5. The van der Waals surface area contributed by atoms with Crippen molar-refractivity contribution in [2.45, 2.75) is 58.3 Å². The van der Waals surface area contributed by atoms with Gasteiger partial charge < -0.3 is 34.5 Å². The lowest BCUT2D eigenvalue weighted by Crippen LogP contribution is -2.60. The lowest BCUT2D eigenvalue weighted by molar-refractivity contribution is -0.269. The highest BCUT2D eigenvalue weighted by Gasteiger charge is 2.53. The maximum atomic E-state index is 11.8. The Morgan fingerprint density at radius 2 is 1.50 bits per heavy atom. The summed E-state index contributed by atoms with van der Waals surface area (Å²) < 4.78 is 27.5. The number of aromatic nitrogens is 2. The summed E-state index contributed by atoms with van der Waals surface area (Å²) in [5.74, 6) is -4.88. The maximum absolute atomic E-state index is 11.8. The van der Waals surface area contributed by atoms with Crippen LogP contribution in [0.5, 0.6) is 5.88 Å². The largest absolute Gasteiger partial charge is 0.493 e. The lowest BCUT2D eigenvalue weighted by atomic mass is 9.97. The summed E-state index contributed by atoms with van der Waals surface area (Å²) in [4.78, 5) is 61.8. The Kier molecular flexibility index (Phi) is 7.75. The van der Waals surface area contributed by atoms with Crippen molar-refractivity contribution in [3.63, 3.8) is 0 Å². The Labute approximate surface area is 181 Å². The topological polar surface area (TPSA) is 196 Å². The molecule has 14 heteroatoms.